The molecule has 0 bridgehead atoms. The van der Waals surface area contributed by atoms with Gasteiger partial charge in [0.05, 0.1) is 29.7 Å². The lowest BCUT2D eigenvalue weighted by Gasteiger charge is -2.29. The Labute approximate surface area is 195 Å². The van der Waals surface area contributed by atoms with Crippen molar-refractivity contribution >= 4 is 0 Å². The van der Waals surface area contributed by atoms with Crippen LogP contribution in [0.4, 0.5) is 4.39 Å². The molecular formula is C26H34FN3O3. The lowest BCUT2D eigenvalue weighted by atomic mass is 10.1. The number of hydrogen-bond donors (Lipinski definition) is 1. The zero-order valence-electron chi connectivity index (χ0n) is 19.9. The van der Waals surface area contributed by atoms with Crippen molar-refractivity contribution in [2.45, 2.75) is 52.8 Å². The normalized spacial score (nSPS) is 12.5. The van der Waals surface area contributed by atoms with Crippen molar-refractivity contribution in [3.63, 3.8) is 0 Å². The number of rotatable bonds is 12. The van der Waals surface area contributed by atoms with Gasteiger partial charge < -0.3 is 14.6 Å². The topological polar surface area (TPSA) is 59.8 Å². The van der Waals surface area contributed by atoms with Crippen LogP contribution < -0.4 is 4.74 Å². The highest BCUT2D eigenvalue weighted by Crippen LogP contribution is 2.32. The third-order valence-corrected chi connectivity index (χ3v) is 5.43. The molecule has 0 radical (unpaired) electrons. The van der Waals surface area contributed by atoms with E-state index >= 15 is 0 Å². The molecule has 0 aliphatic heterocycles. The molecule has 0 aliphatic carbocycles. The highest BCUT2D eigenvalue weighted by atomic mass is 19.1. The van der Waals surface area contributed by atoms with Crippen molar-refractivity contribution in [1.82, 2.24) is 14.7 Å². The van der Waals surface area contributed by atoms with Gasteiger partial charge in [0.25, 0.3) is 0 Å². The average molecular weight is 456 g/mol. The number of nitrogens with zero attached hydrogens (tertiary/aromatic N) is 3. The van der Waals surface area contributed by atoms with Crippen LogP contribution in [0.2, 0.25) is 0 Å². The van der Waals surface area contributed by atoms with Gasteiger partial charge in [-0.15, -0.1) is 0 Å². The van der Waals surface area contributed by atoms with Crippen LogP contribution in [0.3, 0.4) is 0 Å². The van der Waals surface area contributed by atoms with Gasteiger partial charge in [-0.25, -0.2) is 9.07 Å². The zero-order valence-corrected chi connectivity index (χ0v) is 19.9. The van der Waals surface area contributed by atoms with Crippen molar-refractivity contribution < 1.29 is 19.0 Å². The quantitative estimate of drug-likeness (QED) is 0.418. The Hall–Kier alpha value is -2.74. The molecule has 0 amide bonds. The van der Waals surface area contributed by atoms with E-state index in [2.05, 4.69) is 25.7 Å². The molecule has 6 nitrogen and oxygen atoms in total. The largest absolute Gasteiger partial charge is 0.439 e. The van der Waals surface area contributed by atoms with Crippen molar-refractivity contribution in [3.8, 4) is 17.3 Å². The minimum atomic E-state index is -0.594. The van der Waals surface area contributed by atoms with Crippen LogP contribution in [0.1, 0.15) is 39.0 Å². The Balaban J connectivity index is 2.00. The fourth-order valence-electron chi connectivity index (χ4n) is 3.62. The van der Waals surface area contributed by atoms with Crippen LogP contribution in [0.5, 0.6) is 11.6 Å². The maximum absolute atomic E-state index is 13.5. The molecule has 7 heteroatoms. The number of aliphatic hydroxyl groups is 1. The lowest BCUT2D eigenvalue weighted by Crippen LogP contribution is -2.39. The van der Waals surface area contributed by atoms with Crippen LogP contribution >= 0.6 is 0 Å². The summed E-state index contributed by atoms with van der Waals surface area (Å²) in [5.74, 6) is 0.808. The molecule has 1 atom stereocenters. The Kier molecular flexibility index (Phi) is 9.00. The first kappa shape index (κ1) is 24.9. The van der Waals surface area contributed by atoms with E-state index in [4.69, 9.17) is 14.6 Å². The number of aliphatic hydroxyl groups excluding tert-OH is 1. The van der Waals surface area contributed by atoms with Crippen molar-refractivity contribution in [3.05, 3.63) is 71.7 Å². The van der Waals surface area contributed by atoms with E-state index in [1.165, 1.54) is 12.1 Å². The second kappa shape index (κ2) is 11.9. The van der Waals surface area contributed by atoms with Crippen LogP contribution in [-0.4, -0.2) is 51.7 Å². The molecule has 0 fully saturated rings. The summed E-state index contributed by atoms with van der Waals surface area (Å²) in [6, 6.07) is 16.0. The van der Waals surface area contributed by atoms with E-state index in [1.807, 2.05) is 37.3 Å². The van der Waals surface area contributed by atoms with E-state index in [0.29, 0.717) is 37.9 Å². The molecule has 0 unspecified atom stereocenters. The number of ether oxygens (including phenoxy) is 2. The summed E-state index contributed by atoms with van der Waals surface area (Å²) in [6.45, 7) is 10.0. The number of para-hydroxylation sites is 1. The van der Waals surface area contributed by atoms with Crippen molar-refractivity contribution in [2.75, 3.05) is 19.8 Å². The minimum absolute atomic E-state index is 0.185. The zero-order chi connectivity index (χ0) is 23.8. The molecule has 2 aromatic carbocycles. The van der Waals surface area contributed by atoms with Gasteiger partial charge in [-0.1, -0.05) is 25.1 Å². The van der Waals surface area contributed by atoms with Gasteiger partial charge >= 0.3 is 0 Å². The smallest absolute Gasteiger partial charge is 0.227 e. The number of halogens is 1. The molecule has 3 aromatic rings. The Morgan fingerprint density at radius 1 is 1.06 bits per heavy atom. The molecule has 1 heterocycles. The summed E-state index contributed by atoms with van der Waals surface area (Å²) in [4.78, 5) is 2.19. The third-order valence-electron chi connectivity index (χ3n) is 5.43. The maximum Gasteiger partial charge on any atom is 0.227 e. The summed E-state index contributed by atoms with van der Waals surface area (Å²) >= 11 is 0. The van der Waals surface area contributed by atoms with Gasteiger partial charge in [0.2, 0.25) is 5.88 Å². The van der Waals surface area contributed by atoms with Gasteiger partial charge in [-0.05, 0) is 63.6 Å². The second-order valence-electron chi connectivity index (χ2n) is 8.22. The number of aryl methyl sites for hydroxylation is 1. The SMILES string of the molecule is CCOC[C@@H](O)CN(Cc1c(CC)nn(-c2ccccc2)c1Oc1ccc(F)cc1)C(C)C. The molecule has 33 heavy (non-hydrogen) atoms. The standard InChI is InChI=1S/C26H34FN3O3/c1-5-25-24(17-29(19(3)4)16-22(31)18-32-6-2)26(33-23-14-12-20(27)13-15-23)30(28-25)21-10-8-7-9-11-21/h7-15,19,22,31H,5-6,16-18H2,1-4H3/t22-/m0/s1. The summed E-state index contributed by atoms with van der Waals surface area (Å²) in [7, 11) is 0. The van der Waals surface area contributed by atoms with Crippen LogP contribution in [0.15, 0.2) is 54.6 Å². The second-order valence-corrected chi connectivity index (χ2v) is 8.22. The number of benzene rings is 2. The molecule has 0 spiro atoms. The van der Waals surface area contributed by atoms with E-state index < -0.39 is 6.10 Å². The summed E-state index contributed by atoms with van der Waals surface area (Å²) in [5.41, 5.74) is 2.74. The highest BCUT2D eigenvalue weighted by Gasteiger charge is 2.25. The summed E-state index contributed by atoms with van der Waals surface area (Å²) < 4.78 is 27.0. The Morgan fingerprint density at radius 3 is 2.36 bits per heavy atom. The van der Waals surface area contributed by atoms with E-state index in [1.54, 1.807) is 16.8 Å². The monoisotopic (exact) mass is 455 g/mol. The summed E-state index contributed by atoms with van der Waals surface area (Å²) in [6.07, 6.45) is 0.130. The van der Waals surface area contributed by atoms with E-state index in [-0.39, 0.29) is 11.9 Å². The predicted octanol–water partition coefficient (Wildman–Crippen LogP) is 4.97. The minimum Gasteiger partial charge on any atom is -0.439 e. The van der Waals surface area contributed by atoms with E-state index in [0.717, 1.165) is 23.4 Å². The third kappa shape index (κ3) is 6.63. The lowest BCUT2D eigenvalue weighted by molar-refractivity contribution is 0.0131. The average Bonchev–Trinajstić information content (AvgIpc) is 3.16. The van der Waals surface area contributed by atoms with Gasteiger partial charge in [-0.3, -0.25) is 4.90 Å². The Morgan fingerprint density at radius 2 is 1.76 bits per heavy atom. The van der Waals surface area contributed by atoms with Crippen molar-refractivity contribution in [2.24, 2.45) is 0 Å². The van der Waals surface area contributed by atoms with Gasteiger partial charge in [0.15, 0.2) is 0 Å². The molecular weight excluding hydrogens is 421 g/mol. The molecule has 0 saturated heterocycles. The van der Waals surface area contributed by atoms with Gasteiger partial charge in [-0.2, -0.15) is 5.10 Å². The van der Waals surface area contributed by atoms with Crippen molar-refractivity contribution in [1.29, 1.82) is 0 Å². The predicted molar refractivity (Wildman–Crippen MR) is 127 cm³/mol. The first-order valence-corrected chi connectivity index (χ1v) is 11.5. The molecule has 0 aliphatic rings. The Bertz CT molecular complexity index is 990. The van der Waals surface area contributed by atoms with E-state index in [9.17, 15) is 9.50 Å². The molecule has 1 aromatic heterocycles. The van der Waals surface area contributed by atoms with Gasteiger partial charge in [0, 0.05) is 25.7 Å². The number of hydrogen-bond acceptors (Lipinski definition) is 5. The maximum atomic E-state index is 13.5. The van der Waals surface area contributed by atoms with Crippen LogP contribution in [-0.2, 0) is 17.7 Å². The molecule has 1 N–H and O–H groups in total. The fourth-order valence-corrected chi connectivity index (χ4v) is 3.62. The summed E-state index contributed by atoms with van der Waals surface area (Å²) in [5, 5.41) is 15.3. The first-order chi connectivity index (χ1) is 15.9. The highest BCUT2D eigenvalue weighted by molar-refractivity contribution is 5.43. The molecule has 178 valence electrons. The first-order valence-electron chi connectivity index (χ1n) is 11.5. The van der Waals surface area contributed by atoms with Crippen LogP contribution in [0.25, 0.3) is 5.69 Å². The molecule has 3 rings (SSSR count). The van der Waals surface area contributed by atoms with Crippen LogP contribution in [0, 0.1) is 5.82 Å². The number of aromatic nitrogens is 2. The fraction of sp³-hybridized carbons (Fsp3) is 0.423. The molecule has 0 saturated carbocycles. The van der Waals surface area contributed by atoms with Gasteiger partial charge in [0.1, 0.15) is 11.6 Å².